The molecule has 0 radical (unpaired) electrons. The van der Waals surface area contributed by atoms with Gasteiger partial charge in [0.1, 0.15) is 6.61 Å². The van der Waals surface area contributed by atoms with Gasteiger partial charge in [0.15, 0.2) is 0 Å². The SMILES string of the molecule is CC(CCNC(=O)COC1(C)CNC1)CCC(=O)O. The van der Waals surface area contributed by atoms with Gasteiger partial charge in [-0.25, -0.2) is 0 Å². The summed E-state index contributed by atoms with van der Waals surface area (Å²) in [6.45, 7) is 6.19. The van der Waals surface area contributed by atoms with Crippen molar-refractivity contribution in [2.45, 2.75) is 38.7 Å². The van der Waals surface area contributed by atoms with Crippen molar-refractivity contribution in [2.75, 3.05) is 26.2 Å². The number of carboxylic acids is 1. The number of amides is 1. The molecule has 1 heterocycles. The monoisotopic (exact) mass is 272 g/mol. The van der Waals surface area contributed by atoms with Gasteiger partial charge in [-0.05, 0) is 25.7 Å². The third-order valence-electron chi connectivity index (χ3n) is 3.36. The molecule has 0 aliphatic carbocycles. The van der Waals surface area contributed by atoms with Gasteiger partial charge in [-0.2, -0.15) is 0 Å². The minimum atomic E-state index is -0.772. The largest absolute Gasteiger partial charge is 0.481 e. The van der Waals surface area contributed by atoms with Crippen molar-refractivity contribution < 1.29 is 19.4 Å². The second-order valence-electron chi connectivity index (χ2n) is 5.52. The highest BCUT2D eigenvalue weighted by atomic mass is 16.5. The van der Waals surface area contributed by atoms with Crippen LogP contribution in [-0.2, 0) is 14.3 Å². The normalized spacial score (nSPS) is 18.4. The van der Waals surface area contributed by atoms with Crippen LogP contribution in [0.4, 0.5) is 0 Å². The second kappa shape index (κ2) is 7.45. The molecule has 1 fully saturated rings. The Balaban J connectivity index is 2.01. The summed E-state index contributed by atoms with van der Waals surface area (Å²) in [5.74, 6) is -0.587. The van der Waals surface area contributed by atoms with Gasteiger partial charge in [-0.15, -0.1) is 0 Å². The third-order valence-corrected chi connectivity index (χ3v) is 3.36. The van der Waals surface area contributed by atoms with E-state index >= 15 is 0 Å². The van der Waals surface area contributed by atoms with E-state index < -0.39 is 5.97 Å². The average molecular weight is 272 g/mol. The molecule has 1 aliphatic rings. The van der Waals surface area contributed by atoms with Crippen molar-refractivity contribution in [3.63, 3.8) is 0 Å². The molecule has 3 N–H and O–H groups in total. The van der Waals surface area contributed by atoms with Gasteiger partial charge in [0, 0.05) is 26.1 Å². The summed E-state index contributed by atoms with van der Waals surface area (Å²) in [6, 6.07) is 0. The first-order chi connectivity index (χ1) is 8.91. The maximum absolute atomic E-state index is 11.5. The first-order valence-corrected chi connectivity index (χ1v) is 6.74. The standard InChI is InChI=1S/C13H24N2O4/c1-10(3-4-12(17)18)5-6-15-11(16)7-19-13(2)8-14-9-13/h10,14H,3-9H2,1-2H3,(H,15,16)(H,17,18). The fraction of sp³-hybridized carbons (Fsp3) is 0.846. The van der Waals surface area contributed by atoms with Crippen LogP contribution in [0.15, 0.2) is 0 Å². The lowest BCUT2D eigenvalue weighted by atomic mass is 10.0. The van der Waals surface area contributed by atoms with Crippen molar-refractivity contribution >= 4 is 11.9 Å². The van der Waals surface area contributed by atoms with Gasteiger partial charge >= 0.3 is 5.97 Å². The van der Waals surface area contributed by atoms with Gasteiger partial charge in [-0.3, -0.25) is 9.59 Å². The first kappa shape index (κ1) is 15.9. The molecule has 0 aromatic heterocycles. The highest BCUT2D eigenvalue weighted by Gasteiger charge is 2.32. The van der Waals surface area contributed by atoms with E-state index in [2.05, 4.69) is 10.6 Å². The fourth-order valence-electron chi connectivity index (χ4n) is 1.84. The van der Waals surface area contributed by atoms with Gasteiger partial charge in [-0.1, -0.05) is 6.92 Å². The molecule has 0 bridgehead atoms. The highest BCUT2D eigenvalue weighted by Crippen LogP contribution is 2.14. The Bertz CT molecular complexity index is 316. The number of aliphatic carboxylic acids is 1. The molecule has 0 aromatic rings. The minimum absolute atomic E-state index is 0.0850. The molecular weight excluding hydrogens is 248 g/mol. The highest BCUT2D eigenvalue weighted by molar-refractivity contribution is 5.77. The molecule has 1 unspecified atom stereocenters. The number of hydrogen-bond donors (Lipinski definition) is 3. The van der Waals surface area contributed by atoms with Crippen LogP contribution in [0, 0.1) is 5.92 Å². The maximum Gasteiger partial charge on any atom is 0.303 e. The average Bonchev–Trinajstić information content (AvgIpc) is 2.31. The van der Waals surface area contributed by atoms with Crippen molar-refractivity contribution in [1.29, 1.82) is 0 Å². The number of carbonyl (C=O) groups is 2. The molecule has 1 aliphatic heterocycles. The number of hydrogen-bond acceptors (Lipinski definition) is 4. The maximum atomic E-state index is 11.5. The summed E-state index contributed by atoms with van der Waals surface area (Å²) in [5.41, 5.74) is -0.202. The Morgan fingerprint density at radius 3 is 2.63 bits per heavy atom. The van der Waals surface area contributed by atoms with E-state index in [1.165, 1.54) is 0 Å². The van der Waals surface area contributed by atoms with Crippen molar-refractivity contribution in [3.05, 3.63) is 0 Å². The van der Waals surface area contributed by atoms with E-state index in [1.54, 1.807) is 0 Å². The Morgan fingerprint density at radius 2 is 2.11 bits per heavy atom. The van der Waals surface area contributed by atoms with Crippen LogP contribution in [0.5, 0.6) is 0 Å². The van der Waals surface area contributed by atoms with Crippen LogP contribution in [0.3, 0.4) is 0 Å². The number of carboxylic acid groups (broad SMARTS) is 1. The number of ether oxygens (including phenoxy) is 1. The number of carbonyl (C=O) groups excluding carboxylic acids is 1. The number of nitrogens with one attached hydrogen (secondary N) is 2. The van der Waals surface area contributed by atoms with Crippen molar-refractivity contribution in [3.8, 4) is 0 Å². The predicted molar refractivity (Wildman–Crippen MR) is 70.9 cm³/mol. The summed E-state index contributed by atoms with van der Waals surface area (Å²) in [5, 5.41) is 14.5. The molecule has 1 amide bonds. The molecule has 0 aromatic carbocycles. The second-order valence-corrected chi connectivity index (χ2v) is 5.52. The van der Waals surface area contributed by atoms with Crippen LogP contribution in [0.1, 0.15) is 33.1 Å². The molecular formula is C13H24N2O4. The lowest BCUT2D eigenvalue weighted by Crippen LogP contribution is -2.59. The zero-order valence-electron chi connectivity index (χ0n) is 11.7. The lowest BCUT2D eigenvalue weighted by Gasteiger charge is -2.38. The summed E-state index contributed by atoms with van der Waals surface area (Å²) in [6.07, 6.45) is 1.62. The van der Waals surface area contributed by atoms with Gasteiger partial charge in [0.2, 0.25) is 5.91 Å². The van der Waals surface area contributed by atoms with Crippen molar-refractivity contribution in [1.82, 2.24) is 10.6 Å². The Kier molecular flexibility index (Phi) is 6.24. The molecule has 110 valence electrons. The third kappa shape index (κ3) is 6.54. The zero-order valence-corrected chi connectivity index (χ0v) is 11.7. The lowest BCUT2D eigenvalue weighted by molar-refractivity contribution is -0.137. The smallest absolute Gasteiger partial charge is 0.303 e. The van der Waals surface area contributed by atoms with E-state index in [0.29, 0.717) is 18.9 Å². The summed E-state index contributed by atoms with van der Waals surface area (Å²) >= 11 is 0. The van der Waals surface area contributed by atoms with Crippen LogP contribution in [0.25, 0.3) is 0 Å². The number of rotatable bonds is 9. The molecule has 0 spiro atoms. The van der Waals surface area contributed by atoms with Crippen LogP contribution < -0.4 is 10.6 Å². The molecule has 6 heteroatoms. The molecule has 1 rings (SSSR count). The van der Waals surface area contributed by atoms with E-state index in [-0.39, 0.29) is 24.5 Å². The first-order valence-electron chi connectivity index (χ1n) is 6.74. The summed E-state index contributed by atoms with van der Waals surface area (Å²) < 4.78 is 5.51. The van der Waals surface area contributed by atoms with E-state index in [9.17, 15) is 9.59 Å². The van der Waals surface area contributed by atoms with E-state index in [1.807, 2.05) is 13.8 Å². The van der Waals surface area contributed by atoms with Gasteiger partial charge in [0.05, 0.1) is 5.60 Å². The van der Waals surface area contributed by atoms with Crippen LogP contribution in [0.2, 0.25) is 0 Å². The van der Waals surface area contributed by atoms with E-state index in [4.69, 9.17) is 9.84 Å². The quantitative estimate of drug-likeness (QED) is 0.564. The topological polar surface area (TPSA) is 87.7 Å². The minimum Gasteiger partial charge on any atom is -0.481 e. The predicted octanol–water partition coefficient (Wildman–Crippen LogP) is 0.372. The summed E-state index contributed by atoms with van der Waals surface area (Å²) in [4.78, 5) is 21.9. The Hall–Kier alpha value is -1.14. The van der Waals surface area contributed by atoms with Crippen LogP contribution in [-0.4, -0.2) is 48.8 Å². The summed E-state index contributed by atoms with van der Waals surface area (Å²) in [7, 11) is 0. The Morgan fingerprint density at radius 1 is 1.42 bits per heavy atom. The van der Waals surface area contributed by atoms with E-state index in [0.717, 1.165) is 19.5 Å². The molecule has 19 heavy (non-hydrogen) atoms. The van der Waals surface area contributed by atoms with Crippen molar-refractivity contribution in [2.24, 2.45) is 5.92 Å². The molecule has 1 saturated heterocycles. The van der Waals surface area contributed by atoms with Gasteiger partial charge in [0.25, 0.3) is 0 Å². The molecule has 0 saturated carbocycles. The molecule has 6 nitrogen and oxygen atoms in total. The van der Waals surface area contributed by atoms with Crippen LogP contribution >= 0.6 is 0 Å². The Labute approximate surface area is 113 Å². The fourth-order valence-corrected chi connectivity index (χ4v) is 1.84. The van der Waals surface area contributed by atoms with Gasteiger partial charge < -0.3 is 20.5 Å². The molecule has 1 atom stereocenters. The zero-order chi connectivity index (χ0) is 14.3.